The number of ether oxygens (including phenoxy) is 1. The van der Waals surface area contributed by atoms with Gasteiger partial charge in [-0.2, -0.15) is 0 Å². The highest BCUT2D eigenvalue weighted by Gasteiger charge is 2.44. The predicted octanol–water partition coefficient (Wildman–Crippen LogP) is 2.45. The number of aromatic nitrogens is 1. The first-order valence-corrected chi connectivity index (χ1v) is 12.3. The van der Waals surface area contributed by atoms with Gasteiger partial charge in [-0.3, -0.25) is 29.4 Å². The van der Waals surface area contributed by atoms with E-state index in [1.807, 2.05) is 5.38 Å². The van der Waals surface area contributed by atoms with Gasteiger partial charge in [0.05, 0.1) is 22.3 Å². The highest BCUT2D eigenvalue weighted by atomic mass is 32.1. The number of imide groups is 2. The van der Waals surface area contributed by atoms with Crippen LogP contribution in [0, 0.1) is 0 Å². The minimum absolute atomic E-state index is 0.0505. The smallest absolute Gasteiger partial charge is 0.319 e. The minimum Gasteiger partial charge on any atom is -0.487 e. The molecule has 1 fully saturated rings. The molecule has 0 bridgehead atoms. The number of anilines is 1. The number of piperidine rings is 1. The van der Waals surface area contributed by atoms with Gasteiger partial charge in [0.25, 0.3) is 11.8 Å². The van der Waals surface area contributed by atoms with Crippen LogP contribution in [-0.2, 0) is 22.7 Å². The molecule has 0 spiro atoms. The maximum Gasteiger partial charge on any atom is 0.319 e. The Bertz CT molecular complexity index is 1410. The summed E-state index contributed by atoms with van der Waals surface area (Å²) in [6.45, 7) is 0.415. The van der Waals surface area contributed by atoms with Crippen molar-refractivity contribution in [2.45, 2.75) is 32.0 Å². The average Bonchev–Trinajstić information content (AvgIpc) is 3.49. The van der Waals surface area contributed by atoms with Crippen molar-refractivity contribution in [3.05, 3.63) is 75.7 Å². The molecule has 3 aromatic rings. The van der Waals surface area contributed by atoms with Crippen LogP contribution >= 0.6 is 11.3 Å². The van der Waals surface area contributed by atoms with Crippen molar-refractivity contribution in [1.82, 2.24) is 20.5 Å². The van der Waals surface area contributed by atoms with Gasteiger partial charge in [0.2, 0.25) is 11.8 Å². The SMILES string of the molecule is O=C1CCC(N2C(=O)c3ccc(CNC(=O)Nc4cccc(OCc5cscn5)c4)cc3C2=O)C(=O)N1. The highest BCUT2D eigenvalue weighted by molar-refractivity contribution is 7.07. The number of rotatable bonds is 7. The topological polar surface area (TPSA) is 147 Å². The Balaban J connectivity index is 1.18. The maximum atomic E-state index is 13.0. The fourth-order valence-corrected chi connectivity index (χ4v) is 4.66. The molecule has 12 heteroatoms. The molecule has 2 aliphatic heterocycles. The second-order valence-electron chi connectivity index (χ2n) is 8.43. The molecule has 1 aromatic heterocycles. The van der Waals surface area contributed by atoms with E-state index in [1.54, 1.807) is 35.8 Å². The molecule has 0 radical (unpaired) electrons. The van der Waals surface area contributed by atoms with E-state index < -0.39 is 35.7 Å². The maximum absolute atomic E-state index is 13.0. The van der Waals surface area contributed by atoms with Crippen molar-refractivity contribution >= 4 is 46.7 Å². The molecule has 37 heavy (non-hydrogen) atoms. The molecule has 6 amide bonds. The summed E-state index contributed by atoms with van der Waals surface area (Å²) in [4.78, 5) is 66.9. The van der Waals surface area contributed by atoms with Gasteiger partial charge in [-0.05, 0) is 36.2 Å². The van der Waals surface area contributed by atoms with Crippen LogP contribution in [0.5, 0.6) is 5.75 Å². The first-order chi connectivity index (χ1) is 17.9. The Morgan fingerprint density at radius 2 is 1.95 bits per heavy atom. The first kappa shape index (κ1) is 24.1. The van der Waals surface area contributed by atoms with Gasteiger partial charge in [0.15, 0.2) is 0 Å². The summed E-state index contributed by atoms with van der Waals surface area (Å²) < 4.78 is 5.70. The van der Waals surface area contributed by atoms with Crippen LogP contribution in [0.4, 0.5) is 10.5 Å². The van der Waals surface area contributed by atoms with E-state index in [0.29, 0.717) is 23.6 Å². The summed E-state index contributed by atoms with van der Waals surface area (Å²) in [5, 5.41) is 9.50. The van der Waals surface area contributed by atoms with Crippen molar-refractivity contribution in [3.8, 4) is 5.75 Å². The quantitative estimate of drug-likeness (QED) is 0.406. The summed E-state index contributed by atoms with van der Waals surface area (Å²) in [6.07, 6.45) is 0.136. The first-order valence-electron chi connectivity index (χ1n) is 11.4. The number of benzene rings is 2. The van der Waals surface area contributed by atoms with E-state index in [9.17, 15) is 24.0 Å². The lowest BCUT2D eigenvalue weighted by atomic mass is 10.0. The molecule has 5 rings (SSSR count). The molecule has 2 aliphatic rings. The third-order valence-electron chi connectivity index (χ3n) is 5.92. The van der Waals surface area contributed by atoms with Crippen LogP contribution in [0.2, 0.25) is 0 Å². The largest absolute Gasteiger partial charge is 0.487 e. The van der Waals surface area contributed by atoms with E-state index in [2.05, 4.69) is 20.9 Å². The van der Waals surface area contributed by atoms with Crippen LogP contribution in [0.1, 0.15) is 44.8 Å². The number of carbonyl (C=O) groups excluding carboxylic acids is 5. The lowest BCUT2D eigenvalue weighted by molar-refractivity contribution is -0.136. The zero-order valence-electron chi connectivity index (χ0n) is 19.4. The molecule has 0 aliphatic carbocycles. The third-order valence-corrected chi connectivity index (χ3v) is 6.55. The van der Waals surface area contributed by atoms with E-state index >= 15 is 0 Å². The number of carbonyl (C=O) groups is 5. The fraction of sp³-hybridized carbons (Fsp3) is 0.200. The predicted molar refractivity (Wildman–Crippen MR) is 132 cm³/mol. The zero-order chi connectivity index (χ0) is 25.9. The Kier molecular flexibility index (Phi) is 6.64. The summed E-state index contributed by atoms with van der Waals surface area (Å²) in [7, 11) is 0. The lowest BCUT2D eigenvalue weighted by Gasteiger charge is -2.27. The number of thiazole rings is 1. The third kappa shape index (κ3) is 5.19. The number of fused-ring (bicyclic) bond motifs is 1. The van der Waals surface area contributed by atoms with Gasteiger partial charge < -0.3 is 15.4 Å². The van der Waals surface area contributed by atoms with Gasteiger partial charge in [0, 0.05) is 30.1 Å². The van der Waals surface area contributed by atoms with E-state index in [4.69, 9.17) is 4.74 Å². The molecule has 0 saturated carbocycles. The summed E-state index contributed by atoms with van der Waals surface area (Å²) in [5.74, 6) is -1.70. The van der Waals surface area contributed by atoms with Crippen LogP contribution in [0.3, 0.4) is 0 Å². The summed E-state index contributed by atoms with van der Waals surface area (Å²) in [6, 6.07) is 10.1. The van der Waals surface area contributed by atoms with Crippen LogP contribution in [0.15, 0.2) is 53.4 Å². The molecule has 1 unspecified atom stereocenters. The fourth-order valence-electron chi connectivity index (χ4n) is 4.12. The van der Waals surface area contributed by atoms with Crippen molar-refractivity contribution in [2.24, 2.45) is 0 Å². The molecule has 11 nitrogen and oxygen atoms in total. The molecule has 3 heterocycles. The van der Waals surface area contributed by atoms with E-state index in [0.717, 1.165) is 10.6 Å². The number of urea groups is 1. The Labute approximate surface area is 214 Å². The van der Waals surface area contributed by atoms with E-state index in [-0.39, 0.29) is 30.5 Å². The lowest BCUT2D eigenvalue weighted by Crippen LogP contribution is -2.54. The number of hydrogen-bond acceptors (Lipinski definition) is 8. The average molecular weight is 520 g/mol. The van der Waals surface area contributed by atoms with Crippen LogP contribution in [0.25, 0.3) is 0 Å². The van der Waals surface area contributed by atoms with Crippen molar-refractivity contribution in [2.75, 3.05) is 5.32 Å². The van der Waals surface area contributed by atoms with Gasteiger partial charge in [-0.1, -0.05) is 12.1 Å². The van der Waals surface area contributed by atoms with Crippen LogP contribution < -0.4 is 20.7 Å². The van der Waals surface area contributed by atoms with Crippen molar-refractivity contribution in [3.63, 3.8) is 0 Å². The second-order valence-corrected chi connectivity index (χ2v) is 9.15. The van der Waals surface area contributed by atoms with Crippen molar-refractivity contribution in [1.29, 1.82) is 0 Å². The molecule has 188 valence electrons. The molecule has 2 aromatic carbocycles. The minimum atomic E-state index is -1.03. The Hall–Kier alpha value is -4.58. The molecular formula is C25H21N5O6S. The number of hydrogen-bond donors (Lipinski definition) is 3. The Morgan fingerprint density at radius 3 is 2.73 bits per heavy atom. The second kappa shape index (κ2) is 10.2. The molecule has 1 saturated heterocycles. The van der Waals surface area contributed by atoms with E-state index in [1.165, 1.54) is 23.5 Å². The summed E-state index contributed by atoms with van der Waals surface area (Å²) in [5.41, 5.74) is 4.00. The zero-order valence-corrected chi connectivity index (χ0v) is 20.2. The monoisotopic (exact) mass is 519 g/mol. The van der Waals surface area contributed by atoms with Gasteiger partial charge in [-0.25, -0.2) is 9.78 Å². The Morgan fingerprint density at radius 1 is 1.11 bits per heavy atom. The molecular weight excluding hydrogens is 498 g/mol. The van der Waals surface area contributed by atoms with Gasteiger partial charge in [-0.15, -0.1) is 11.3 Å². The number of nitrogens with one attached hydrogen (secondary N) is 3. The summed E-state index contributed by atoms with van der Waals surface area (Å²) >= 11 is 1.48. The highest BCUT2D eigenvalue weighted by Crippen LogP contribution is 2.28. The van der Waals surface area contributed by atoms with Crippen LogP contribution in [-0.4, -0.2) is 45.6 Å². The van der Waals surface area contributed by atoms with Crippen molar-refractivity contribution < 1.29 is 28.7 Å². The normalized spacial score (nSPS) is 16.9. The van der Waals surface area contributed by atoms with Gasteiger partial charge >= 0.3 is 6.03 Å². The standard InChI is InChI=1S/C25H21N5O6S/c31-21-7-6-20(22(32)29-21)30-23(33)18-5-4-14(8-19(18)24(30)34)10-26-25(35)28-15-2-1-3-17(9-15)36-11-16-12-37-13-27-16/h1-5,8-9,12-13,20H,6-7,10-11H2,(H2,26,28,35)(H,29,31,32). The number of amides is 6. The molecule has 3 N–H and O–H groups in total. The number of nitrogens with zero attached hydrogens (tertiary/aromatic N) is 2. The van der Waals surface area contributed by atoms with Gasteiger partial charge in [0.1, 0.15) is 18.4 Å². The molecule has 1 atom stereocenters.